The van der Waals surface area contributed by atoms with Crippen molar-refractivity contribution >= 4 is 41.3 Å². The van der Waals surface area contributed by atoms with Gasteiger partial charge < -0.3 is 36.5 Å². The molecule has 1 aliphatic rings. The summed E-state index contributed by atoms with van der Waals surface area (Å²) < 4.78 is 10.1. The third kappa shape index (κ3) is 9.18. The van der Waals surface area contributed by atoms with E-state index in [4.69, 9.17) is 21.6 Å². The highest BCUT2D eigenvalue weighted by Gasteiger charge is 2.51. The molecule has 0 bridgehead atoms. The van der Waals surface area contributed by atoms with Crippen LogP contribution in [-0.4, -0.2) is 54.0 Å². The highest BCUT2D eigenvalue weighted by molar-refractivity contribution is 6.08. The van der Waals surface area contributed by atoms with Gasteiger partial charge in [0.1, 0.15) is 23.8 Å². The molecule has 0 aliphatic heterocycles. The molecule has 0 unspecified atom stereocenters. The maximum Gasteiger partial charge on any atom is 0.514 e. The number of nitro benzene ring substituents is 1. The number of nitro groups is 1. The van der Waals surface area contributed by atoms with Crippen LogP contribution < -0.4 is 31.7 Å². The van der Waals surface area contributed by atoms with E-state index in [2.05, 4.69) is 27.2 Å². The lowest BCUT2D eigenvalue weighted by atomic mass is 9.67. The summed E-state index contributed by atoms with van der Waals surface area (Å²) in [5.41, 5.74) is 4.57. The second-order valence-electron chi connectivity index (χ2n) is 9.86. The first-order valence-electron chi connectivity index (χ1n) is 13.6. The molecule has 0 heterocycles. The molecule has 2 aromatic rings. The molecule has 232 valence electrons. The minimum Gasteiger partial charge on any atom is -0.429 e. The van der Waals surface area contributed by atoms with Crippen molar-refractivity contribution in [3.63, 3.8) is 0 Å². The fourth-order valence-corrected chi connectivity index (χ4v) is 4.29. The summed E-state index contributed by atoms with van der Waals surface area (Å²) >= 11 is 0. The molecule has 0 aromatic heterocycles. The molecule has 6 N–H and O–H groups in total. The number of nitrogens with one attached hydrogen (secondary N) is 4. The standard InChI is InChI=1S/C29H32N6O9/c1-2-16-31-25(37)29(14-4-15-29)26(38)34-23(5-3-17-32-27(30)39)24(36)33-20-8-6-19(7-9-20)18-43-28(40)44-22-12-10-21(11-13-22)35(41)42/h1,6-13,23H,3-5,14-18H2,(H,31,37)(H,33,36)(H,34,38)(H3,30,32,39)/t23-/m0/s1. The van der Waals surface area contributed by atoms with Crippen molar-refractivity contribution in [1.29, 1.82) is 0 Å². The number of carbonyl (C=O) groups excluding carboxylic acids is 5. The first kappa shape index (κ1) is 32.9. The Bertz CT molecular complexity index is 1420. The quantitative estimate of drug-likeness (QED) is 0.0402. The lowest BCUT2D eigenvalue weighted by molar-refractivity contribution is -0.384. The number of primary amides is 1. The zero-order chi connectivity index (χ0) is 32.1. The van der Waals surface area contributed by atoms with E-state index < -0.39 is 46.3 Å². The molecule has 44 heavy (non-hydrogen) atoms. The van der Waals surface area contributed by atoms with Gasteiger partial charge in [-0.2, -0.15) is 0 Å². The van der Waals surface area contributed by atoms with Gasteiger partial charge in [0.05, 0.1) is 11.5 Å². The maximum atomic E-state index is 13.2. The lowest BCUT2D eigenvalue weighted by Crippen LogP contribution is -2.58. The maximum absolute atomic E-state index is 13.2. The number of hydrogen-bond acceptors (Lipinski definition) is 9. The Balaban J connectivity index is 1.58. The summed E-state index contributed by atoms with van der Waals surface area (Å²) in [4.78, 5) is 72.2. The zero-order valence-electron chi connectivity index (χ0n) is 23.6. The topological polar surface area (TPSA) is 221 Å². The van der Waals surface area contributed by atoms with Crippen LogP contribution in [0, 0.1) is 27.9 Å². The van der Waals surface area contributed by atoms with Gasteiger partial charge in [-0.05, 0) is 55.5 Å². The predicted octanol–water partition coefficient (Wildman–Crippen LogP) is 2.10. The van der Waals surface area contributed by atoms with E-state index in [0.29, 0.717) is 36.9 Å². The average Bonchev–Trinajstić information content (AvgIpc) is 2.96. The van der Waals surface area contributed by atoms with E-state index in [1.54, 1.807) is 24.3 Å². The normalized spacial score (nSPS) is 13.5. The van der Waals surface area contributed by atoms with E-state index in [9.17, 15) is 34.1 Å². The van der Waals surface area contributed by atoms with Crippen LogP contribution in [0.2, 0.25) is 0 Å². The van der Waals surface area contributed by atoms with E-state index in [1.807, 2.05) is 0 Å². The van der Waals surface area contributed by atoms with Crippen molar-refractivity contribution in [2.24, 2.45) is 11.1 Å². The minimum absolute atomic E-state index is 0.0292. The average molecular weight is 609 g/mol. The molecule has 2 aromatic carbocycles. The van der Waals surface area contributed by atoms with Crippen molar-refractivity contribution in [3.05, 3.63) is 64.2 Å². The van der Waals surface area contributed by atoms with Gasteiger partial charge in [-0.3, -0.25) is 24.5 Å². The Hall–Kier alpha value is -5.65. The Morgan fingerprint density at radius 2 is 1.70 bits per heavy atom. The molecular weight excluding hydrogens is 576 g/mol. The van der Waals surface area contributed by atoms with Crippen LogP contribution in [0.1, 0.15) is 37.7 Å². The second kappa shape index (κ2) is 15.5. The Morgan fingerprint density at radius 3 is 2.27 bits per heavy atom. The number of hydrogen-bond donors (Lipinski definition) is 5. The molecule has 1 fully saturated rings. The number of non-ortho nitro benzene ring substituents is 1. The van der Waals surface area contributed by atoms with Gasteiger partial charge >= 0.3 is 12.2 Å². The second-order valence-corrected chi connectivity index (χ2v) is 9.86. The number of anilines is 1. The van der Waals surface area contributed by atoms with Crippen molar-refractivity contribution in [2.75, 3.05) is 18.4 Å². The van der Waals surface area contributed by atoms with Gasteiger partial charge in [0.2, 0.25) is 17.7 Å². The van der Waals surface area contributed by atoms with Crippen molar-refractivity contribution < 1.29 is 38.4 Å². The Kier molecular flexibility index (Phi) is 11.6. The van der Waals surface area contributed by atoms with E-state index in [1.165, 1.54) is 24.3 Å². The van der Waals surface area contributed by atoms with Crippen LogP contribution in [0.15, 0.2) is 48.5 Å². The minimum atomic E-state index is -1.32. The van der Waals surface area contributed by atoms with Crippen LogP contribution in [-0.2, 0) is 25.7 Å². The lowest BCUT2D eigenvalue weighted by Gasteiger charge is -2.39. The number of carbonyl (C=O) groups is 5. The monoisotopic (exact) mass is 608 g/mol. The molecule has 1 aliphatic carbocycles. The van der Waals surface area contributed by atoms with Crippen LogP contribution in [0.4, 0.5) is 21.0 Å². The number of rotatable bonds is 14. The number of ether oxygens (including phenoxy) is 2. The van der Waals surface area contributed by atoms with Gasteiger partial charge in [-0.1, -0.05) is 24.5 Å². The van der Waals surface area contributed by atoms with Crippen LogP contribution in [0.3, 0.4) is 0 Å². The van der Waals surface area contributed by atoms with Gasteiger partial charge in [0.25, 0.3) is 5.69 Å². The van der Waals surface area contributed by atoms with Gasteiger partial charge in [0, 0.05) is 24.4 Å². The van der Waals surface area contributed by atoms with E-state index in [0.717, 1.165) is 0 Å². The Morgan fingerprint density at radius 1 is 1.02 bits per heavy atom. The molecule has 15 heteroatoms. The van der Waals surface area contributed by atoms with Gasteiger partial charge in [-0.25, -0.2) is 9.59 Å². The predicted molar refractivity (Wildman–Crippen MR) is 156 cm³/mol. The van der Waals surface area contributed by atoms with Gasteiger partial charge in [0.15, 0.2) is 0 Å². The van der Waals surface area contributed by atoms with Crippen molar-refractivity contribution in [3.8, 4) is 18.1 Å². The molecule has 1 atom stereocenters. The number of amides is 5. The summed E-state index contributed by atoms with van der Waals surface area (Å²) in [5.74, 6) is 0.734. The molecule has 5 amide bonds. The highest BCUT2D eigenvalue weighted by Crippen LogP contribution is 2.41. The third-order valence-corrected chi connectivity index (χ3v) is 6.84. The molecular formula is C29H32N6O9. The number of nitrogens with two attached hydrogens (primary N) is 1. The smallest absolute Gasteiger partial charge is 0.429 e. The fourth-order valence-electron chi connectivity index (χ4n) is 4.29. The van der Waals surface area contributed by atoms with Crippen LogP contribution in [0.5, 0.6) is 5.75 Å². The Labute approximate surface area is 252 Å². The van der Waals surface area contributed by atoms with Crippen molar-refractivity contribution in [2.45, 2.75) is 44.8 Å². The summed E-state index contributed by atoms with van der Waals surface area (Å²) in [7, 11) is 0. The largest absolute Gasteiger partial charge is 0.514 e. The number of benzene rings is 2. The van der Waals surface area contributed by atoms with E-state index >= 15 is 0 Å². The van der Waals surface area contributed by atoms with Gasteiger partial charge in [-0.15, -0.1) is 6.42 Å². The SMILES string of the molecule is C#CCNC(=O)C1(C(=O)N[C@@H](CCCNC(N)=O)C(=O)Nc2ccc(COC(=O)Oc3ccc([N+](=O)[O-])cc3)cc2)CCC1. The summed E-state index contributed by atoms with van der Waals surface area (Å²) in [6.45, 7) is -0.0158. The summed E-state index contributed by atoms with van der Waals surface area (Å²) in [5, 5.41) is 21.1. The summed E-state index contributed by atoms with van der Waals surface area (Å²) in [6.07, 6.45) is 5.95. The number of nitrogens with zero attached hydrogens (tertiary/aromatic N) is 1. The molecule has 0 radical (unpaired) electrons. The molecule has 0 saturated heterocycles. The zero-order valence-corrected chi connectivity index (χ0v) is 23.6. The molecule has 3 rings (SSSR count). The molecule has 1 saturated carbocycles. The highest BCUT2D eigenvalue weighted by atomic mass is 16.7. The third-order valence-electron chi connectivity index (χ3n) is 6.84. The molecule has 0 spiro atoms. The first-order valence-corrected chi connectivity index (χ1v) is 13.6. The van der Waals surface area contributed by atoms with E-state index in [-0.39, 0.29) is 37.6 Å². The number of terminal acetylenes is 1. The number of urea groups is 1. The first-order chi connectivity index (χ1) is 21.0. The van der Waals surface area contributed by atoms with Crippen LogP contribution in [0.25, 0.3) is 0 Å². The summed E-state index contributed by atoms with van der Waals surface area (Å²) in [6, 6.07) is 9.46. The van der Waals surface area contributed by atoms with Crippen LogP contribution >= 0.6 is 0 Å². The fraction of sp³-hybridized carbons (Fsp3) is 0.345. The molecule has 15 nitrogen and oxygen atoms in total. The van der Waals surface area contributed by atoms with Crippen molar-refractivity contribution in [1.82, 2.24) is 16.0 Å².